The zero-order chi connectivity index (χ0) is 15.0. The SMILES string of the molecule is C=C(N(C)C)N1C=NC2C(=O)N(C(=O)N(C)C)C=NC21. The van der Waals surface area contributed by atoms with Crippen LogP contribution in [0.2, 0.25) is 0 Å². The molecule has 2 aliphatic heterocycles. The summed E-state index contributed by atoms with van der Waals surface area (Å²) >= 11 is 0. The summed E-state index contributed by atoms with van der Waals surface area (Å²) in [4.78, 5) is 38.4. The Labute approximate surface area is 117 Å². The lowest BCUT2D eigenvalue weighted by atomic mass is 10.2. The zero-order valence-electron chi connectivity index (χ0n) is 12.0. The van der Waals surface area contributed by atoms with Crippen LogP contribution < -0.4 is 0 Å². The van der Waals surface area contributed by atoms with E-state index in [9.17, 15) is 9.59 Å². The van der Waals surface area contributed by atoms with Gasteiger partial charge in [0.1, 0.15) is 12.2 Å². The highest BCUT2D eigenvalue weighted by Gasteiger charge is 2.43. The minimum atomic E-state index is -0.708. The quantitative estimate of drug-likeness (QED) is 0.689. The van der Waals surface area contributed by atoms with Crippen LogP contribution in [-0.2, 0) is 4.79 Å². The second kappa shape index (κ2) is 4.95. The molecule has 3 amide bonds. The van der Waals surface area contributed by atoms with Crippen molar-refractivity contribution in [3.05, 3.63) is 12.4 Å². The van der Waals surface area contributed by atoms with E-state index in [0.717, 1.165) is 4.90 Å². The van der Waals surface area contributed by atoms with Gasteiger partial charge in [0, 0.05) is 28.2 Å². The molecule has 2 aliphatic rings. The van der Waals surface area contributed by atoms with Gasteiger partial charge in [-0.3, -0.25) is 14.7 Å². The van der Waals surface area contributed by atoms with Crippen molar-refractivity contribution in [2.75, 3.05) is 28.2 Å². The van der Waals surface area contributed by atoms with E-state index >= 15 is 0 Å². The third kappa shape index (κ3) is 2.13. The molecule has 0 aromatic rings. The second-order valence-electron chi connectivity index (χ2n) is 4.99. The minimum absolute atomic E-state index is 0.381. The number of hydrogen-bond acceptors (Lipinski definition) is 6. The lowest BCUT2D eigenvalue weighted by molar-refractivity contribution is -0.128. The number of carbonyl (C=O) groups excluding carboxylic acids is 2. The van der Waals surface area contributed by atoms with Crippen molar-refractivity contribution in [3.63, 3.8) is 0 Å². The number of aliphatic imine (C=N–C) groups is 2. The van der Waals surface area contributed by atoms with E-state index in [1.54, 1.807) is 19.0 Å². The molecule has 2 atom stereocenters. The third-order valence-corrected chi connectivity index (χ3v) is 3.15. The van der Waals surface area contributed by atoms with Crippen molar-refractivity contribution in [2.45, 2.75) is 12.2 Å². The van der Waals surface area contributed by atoms with Crippen molar-refractivity contribution in [1.82, 2.24) is 19.6 Å². The van der Waals surface area contributed by atoms with Gasteiger partial charge in [-0.25, -0.2) is 14.7 Å². The lowest BCUT2D eigenvalue weighted by Gasteiger charge is -2.33. The molecule has 0 saturated heterocycles. The molecule has 8 heteroatoms. The summed E-state index contributed by atoms with van der Waals surface area (Å²) < 4.78 is 0. The Morgan fingerprint density at radius 1 is 1.20 bits per heavy atom. The van der Waals surface area contributed by atoms with E-state index < -0.39 is 18.2 Å². The monoisotopic (exact) mass is 278 g/mol. The largest absolute Gasteiger partial charge is 0.365 e. The Bertz CT molecular complexity index is 510. The van der Waals surface area contributed by atoms with Crippen LogP contribution in [0, 0.1) is 0 Å². The van der Waals surface area contributed by atoms with Crippen molar-refractivity contribution < 1.29 is 9.59 Å². The summed E-state index contributed by atoms with van der Waals surface area (Å²) in [7, 11) is 6.85. The first-order valence-corrected chi connectivity index (χ1v) is 6.10. The average Bonchev–Trinajstić information content (AvgIpc) is 2.81. The Morgan fingerprint density at radius 3 is 2.40 bits per heavy atom. The van der Waals surface area contributed by atoms with Gasteiger partial charge in [-0.2, -0.15) is 0 Å². The van der Waals surface area contributed by atoms with Crippen LogP contribution in [0.3, 0.4) is 0 Å². The van der Waals surface area contributed by atoms with Gasteiger partial charge < -0.3 is 9.80 Å². The standard InChI is InChI=1S/C12H18N6O2/c1-8(15(2)3)17-6-13-9-10(17)14-7-18(11(9)19)12(20)16(4)5/h6-7,9-10H,1H2,2-5H3. The normalized spacial score (nSPS) is 23.9. The molecule has 0 N–H and O–H groups in total. The second-order valence-corrected chi connectivity index (χ2v) is 4.99. The van der Waals surface area contributed by atoms with Crippen molar-refractivity contribution >= 4 is 24.6 Å². The highest BCUT2D eigenvalue weighted by Crippen LogP contribution is 2.24. The van der Waals surface area contributed by atoms with Gasteiger partial charge in [0.25, 0.3) is 5.91 Å². The molecule has 0 fully saturated rings. The fourth-order valence-electron chi connectivity index (χ4n) is 1.93. The summed E-state index contributed by atoms with van der Waals surface area (Å²) in [5.74, 6) is 0.299. The van der Waals surface area contributed by atoms with Crippen LogP contribution in [0.4, 0.5) is 4.79 Å². The zero-order valence-corrected chi connectivity index (χ0v) is 12.0. The summed E-state index contributed by atoms with van der Waals surface area (Å²) in [6.45, 7) is 3.92. The van der Waals surface area contributed by atoms with Gasteiger partial charge in [0.15, 0.2) is 12.2 Å². The molecular weight excluding hydrogens is 260 g/mol. The van der Waals surface area contributed by atoms with Gasteiger partial charge >= 0.3 is 6.03 Å². The van der Waals surface area contributed by atoms with E-state index in [0.29, 0.717) is 5.82 Å². The first-order chi connectivity index (χ1) is 9.34. The highest BCUT2D eigenvalue weighted by molar-refractivity contribution is 6.09. The summed E-state index contributed by atoms with van der Waals surface area (Å²) in [6.07, 6.45) is 2.33. The highest BCUT2D eigenvalue weighted by atomic mass is 16.2. The van der Waals surface area contributed by atoms with Crippen molar-refractivity contribution in [3.8, 4) is 0 Å². The molecule has 0 aromatic heterocycles. The third-order valence-electron chi connectivity index (χ3n) is 3.15. The molecular formula is C12H18N6O2. The molecule has 20 heavy (non-hydrogen) atoms. The number of carbonyl (C=O) groups is 2. The first kappa shape index (κ1) is 14.0. The van der Waals surface area contributed by atoms with Gasteiger partial charge in [-0.15, -0.1) is 0 Å². The number of imide groups is 1. The number of amides is 3. The number of nitrogens with zero attached hydrogens (tertiary/aromatic N) is 6. The fraction of sp³-hybridized carbons (Fsp3) is 0.500. The molecule has 108 valence electrons. The van der Waals surface area contributed by atoms with Crippen LogP contribution >= 0.6 is 0 Å². The fourth-order valence-corrected chi connectivity index (χ4v) is 1.93. The molecule has 0 radical (unpaired) electrons. The molecule has 0 aromatic carbocycles. The van der Waals surface area contributed by atoms with Crippen LogP contribution in [0.25, 0.3) is 0 Å². The number of urea groups is 1. The summed E-state index contributed by atoms with van der Waals surface area (Å²) in [5, 5.41) is 0. The van der Waals surface area contributed by atoms with Crippen molar-refractivity contribution in [1.29, 1.82) is 0 Å². The Kier molecular flexibility index (Phi) is 3.47. The number of rotatable bonds is 2. The van der Waals surface area contributed by atoms with E-state index in [1.165, 1.54) is 17.6 Å². The van der Waals surface area contributed by atoms with E-state index in [1.807, 2.05) is 19.0 Å². The molecule has 0 bridgehead atoms. The Morgan fingerprint density at radius 2 is 1.85 bits per heavy atom. The maximum Gasteiger partial charge on any atom is 0.331 e. The summed E-state index contributed by atoms with van der Waals surface area (Å²) in [6, 6.07) is -1.14. The molecule has 2 unspecified atom stereocenters. The van der Waals surface area contributed by atoms with Gasteiger partial charge in [0.05, 0.1) is 6.34 Å². The minimum Gasteiger partial charge on any atom is -0.365 e. The van der Waals surface area contributed by atoms with E-state index in [4.69, 9.17) is 0 Å². The lowest BCUT2D eigenvalue weighted by Crippen LogP contribution is -2.54. The summed E-state index contributed by atoms with van der Waals surface area (Å²) in [5.41, 5.74) is 0. The Balaban J connectivity index is 2.23. The molecule has 2 heterocycles. The van der Waals surface area contributed by atoms with E-state index in [-0.39, 0.29) is 5.91 Å². The van der Waals surface area contributed by atoms with Gasteiger partial charge in [0.2, 0.25) is 0 Å². The first-order valence-electron chi connectivity index (χ1n) is 6.10. The number of hydrogen-bond donors (Lipinski definition) is 0. The molecule has 0 aliphatic carbocycles. The predicted octanol–water partition coefficient (Wildman–Crippen LogP) is -0.390. The van der Waals surface area contributed by atoms with Crippen LogP contribution in [-0.4, -0.2) is 84.6 Å². The predicted molar refractivity (Wildman–Crippen MR) is 75.2 cm³/mol. The molecule has 2 rings (SSSR count). The molecule has 0 saturated carbocycles. The van der Waals surface area contributed by atoms with Crippen LogP contribution in [0.5, 0.6) is 0 Å². The van der Waals surface area contributed by atoms with Gasteiger partial charge in [-0.1, -0.05) is 6.58 Å². The van der Waals surface area contributed by atoms with E-state index in [2.05, 4.69) is 16.6 Å². The average molecular weight is 278 g/mol. The Hall–Kier alpha value is -2.38. The maximum absolute atomic E-state index is 12.3. The maximum atomic E-state index is 12.3. The van der Waals surface area contributed by atoms with Crippen LogP contribution in [0.1, 0.15) is 0 Å². The molecule has 8 nitrogen and oxygen atoms in total. The molecule has 0 spiro atoms. The van der Waals surface area contributed by atoms with Crippen LogP contribution in [0.15, 0.2) is 22.4 Å². The van der Waals surface area contributed by atoms with Gasteiger partial charge in [-0.05, 0) is 0 Å². The van der Waals surface area contributed by atoms with Crippen molar-refractivity contribution in [2.24, 2.45) is 9.98 Å². The topological polar surface area (TPSA) is 71.8 Å². The smallest absolute Gasteiger partial charge is 0.331 e. The number of fused-ring (bicyclic) bond motifs is 1.